The Hall–Kier alpha value is -0.0800. The van der Waals surface area contributed by atoms with Crippen LogP contribution < -0.4 is 5.73 Å². The van der Waals surface area contributed by atoms with E-state index in [0.717, 1.165) is 6.61 Å². The van der Waals surface area contributed by atoms with Crippen molar-refractivity contribution in [2.45, 2.75) is 52.1 Å². The van der Waals surface area contributed by atoms with E-state index >= 15 is 0 Å². The highest BCUT2D eigenvalue weighted by Gasteiger charge is 1.96. The average molecular weight is 173 g/mol. The number of ether oxygens (including phenoxy) is 1. The highest BCUT2D eigenvalue weighted by molar-refractivity contribution is 4.49. The lowest BCUT2D eigenvalue weighted by Gasteiger charge is -2.09. The average Bonchev–Trinajstić information content (AvgIpc) is 2.10. The maximum Gasteiger partial charge on any atom is 0.0669 e. The van der Waals surface area contributed by atoms with Gasteiger partial charge in [-0.25, -0.2) is 0 Å². The van der Waals surface area contributed by atoms with Crippen molar-refractivity contribution in [2.75, 3.05) is 13.2 Å². The van der Waals surface area contributed by atoms with E-state index in [-0.39, 0.29) is 6.10 Å². The zero-order chi connectivity index (χ0) is 9.23. The van der Waals surface area contributed by atoms with E-state index < -0.39 is 0 Å². The summed E-state index contributed by atoms with van der Waals surface area (Å²) in [6, 6.07) is 0. The van der Waals surface area contributed by atoms with E-state index in [2.05, 4.69) is 6.92 Å². The minimum Gasteiger partial charge on any atom is -0.377 e. The predicted molar refractivity (Wildman–Crippen MR) is 53.2 cm³/mol. The van der Waals surface area contributed by atoms with Crippen molar-refractivity contribution in [2.24, 2.45) is 5.73 Å². The third-order valence-corrected chi connectivity index (χ3v) is 1.98. The highest BCUT2D eigenvalue weighted by Crippen LogP contribution is 2.02. The molecule has 0 saturated carbocycles. The predicted octanol–water partition coefficient (Wildman–Crippen LogP) is 2.32. The lowest BCUT2D eigenvalue weighted by atomic mass is 10.2. The third kappa shape index (κ3) is 8.02. The molecule has 0 amide bonds. The first-order valence-electron chi connectivity index (χ1n) is 5.13. The summed E-state index contributed by atoms with van der Waals surface area (Å²) in [6.07, 6.45) is 6.72. The van der Waals surface area contributed by atoms with Gasteiger partial charge in [0, 0.05) is 13.2 Å². The van der Waals surface area contributed by atoms with Crippen LogP contribution in [0.15, 0.2) is 0 Å². The van der Waals surface area contributed by atoms with Crippen LogP contribution in [0.4, 0.5) is 0 Å². The van der Waals surface area contributed by atoms with Crippen LogP contribution in [0.25, 0.3) is 0 Å². The van der Waals surface area contributed by atoms with Gasteiger partial charge in [0.1, 0.15) is 0 Å². The fraction of sp³-hybridized carbons (Fsp3) is 1.00. The standard InChI is InChI=1S/C10H23NO/c1-3-4-5-6-7-8-12-10(2)9-11/h10H,3-9,11H2,1-2H3. The second kappa shape index (κ2) is 9.01. The van der Waals surface area contributed by atoms with Crippen LogP contribution in [-0.2, 0) is 4.74 Å². The zero-order valence-corrected chi connectivity index (χ0v) is 8.51. The first-order valence-corrected chi connectivity index (χ1v) is 5.13. The number of rotatable bonds is 8. The summed E-state index contributed by atoms with van der Waals surface area (Å²) in [7, 11) is 0. The molecule has 0 aliphatic heterocycles. The lowest BCUT2D eigenvalue weighted by Crippen LogP contribution is -2.20. The molecule has 0 aromatic heterocycles. The molecule has 0 spiro atoms. The lowest BCUT2D eigenvalue weighted by molar-refractivity contribution is 0.0689. The van der Waals surface area contributed by atoms with E-state index in [1.54, 1.807) is 0 Å². The highest BCUT2D eigenvalue weighted by atomic mass is 16.5. The first-order chi connectivity index (χ1) is 5.81. The molecule has 0 fully saturated rings. The van der Waals surface area contributed by atoms with Crippen molar-refractivity contribution < 1.29 is 4.74 Å². The van der Waals surface area contributed by atoms with Gasteiger partial charge < -0.3 is 10.5 Å². The number of unbranched alkanes of at least 4 members (excludes halogenated alkanes) is 4. The summed E-state index contributed by atoms with van der Waals surface area (Å²) in [5.41, 5.74) is 5.41. The smallest absolute Gasteiger partial charge is 0.0669 e. The third-order valence-electron chi connectivity index (χ3n) is 1.98. The van der Waals surface area contributed by atoms with Crippen LogP contribution in [0.5, 0.6) is 0 Å². The molecule has 2 heteroatoms. The van der Waals surface area contributed by atoms with Crippen LogP contribution in [0.2, 0.25) is 0 Å². The molecular weight excluding hydrogens is 150 g/mol. The molecule has 1 atom stereocenters. The first kappa shape index (κ1) is 11.9. The van der Waals surface area contributed by atoms with Gasteiger partial charge in [0.2, 0.25) is 0 Å². The van der Waals surface area contributed by atoms with E-state index in [1.807, 2.05) is 6.92 Å². The Morgan fingerprint density at radius 1 is 1.17 bits per heavy atom. The molecule has 2 N–H and O–H groups in total. The molecular formula is C10H23NO. The Labute approximate surface area is 76.5 Å². The Balaban J connectivity index is 2.90. The summed E-state index contributed by atoms with van der Waals surface area (Å²) in [5.74, 6) is 0. The Kier molecular flexibility index (Phi) is 8.95. The van der Waals surface area contributed by atoms with Gasteiger partial charge in [0.25, 0.3) is 0 Å². The van der Waals surface area contributed by atoms with Crippen molar-refractivity contribution in [1.82, 2.24) is 0 Å². The summed E-state index contributed by atoms with van der Waals surface area (Å²) in [6.45, 7) is 5.76. The topological polar surface area (TPSA) is 35.2 Å². The van der Waals surface area contributed by atoms with Crippen molar-refractivity contribution in [1.29, 1.82) is 0 Å². The van der Waals surface area contributed by atoms with Crippen LogP contribution in [0.3, 0.4) is 0 Å². The SMILES string of the molecule is CCCCCCCOC(C)CN. The largest absolute Gasteiger partial charge is 0.377 e. The Morgan fingerprint density at radius 3 is 2.42 bits per heavy atom. The molecule has 0 aliphatic carbocycles. The Bertz CT molecular complexity index is 85.9. The van der Waals surface area contributed by atoms with E-state index in [4.69, 9.17) is 10.5 Å². The van der Waals surface area contributed by atoms with Gasteiger partial charge in [-0.2, -0.15) is 0 Å². The van der Waals surface area contributed by atoms with Gasteiger partial charge in [0.05, 0.1) is 6.10 Å². The second-order valence-corrected chi connectivity index (χ2v) is 3.33. The van der Waals surface area contributed by atoms with Gasteiger partial charge in [-0.05, 0) is 13.3 Å². The molecule has 0 aromatic rings. The van der Waals surface area contributed by atoms with Crippen LogP contribution in [0.1, 0.15) is 46.0 Å². The fourth-order valence-corrected chi connectivity index (χ4v) is 1.06. The van der Waals surface area contributed by atoms with Crippen LogP contribution in [-0.4, -0.2) is 19.3 Å². The molecule has 0 radical (unpaired) electrons. The van der Waals surface area contributed by atoms with E-state index in [9.17, 15) is 0 Å². The van der Waals surface area contributed by atoms with Gasteiger partial charge in [0.15, 0.2) is 0 Å². The monoisotopic (exact) mass is 173 g/mol. The Morgan fingerprint density at radius 2 is 1.83 bits per heavy atom. The summed E-state index contributed by atoms with van der Waals surface area (Å²) in [5, 5.41) is 0. The van der Waals surface area contributed by atoms with Gasteiger partial charge in [-0.3, -0.25) is 0 Å². The molecule has 0 saturated heterocycles. The molecule has 0 rings (SSSR count). The minimum absolute atomic E-state index is 0.233. The van der Waals surface area contributed by atoms with Gasteiger partial charge in [-0.15, -0.1) is 0 Å². The van der Waals surface area contributed by atoms with Crippen molar-refractivity contribution >= 4 is 0 Å². The fourth-order valence-electron chi connectivity index (χ4n) is 1.06. The summed E-state index contributed by atoms with van der Waals surface area (Å²) in [4.78, 5) is 0. The van der Waals surface area contributed by atoms with Crippen LogP contribution in [0, 0.1) is 0 Å². The second-order valence-electron chi connectivity index (χ2n) is 3.33. The molecule has 1 unspecified atom stereocenters. The van der Waals surface area contributed by atoms with Crippen molar-refractivity contribution in [3.8, 4) is 0 Å². The van der Waals surface area contributed by atoms with E-state index in [0.29, 0.717) is 6.54 Å². The van der Waals surface area contributed by atoms with Gasteiger partial charge in [-0.1, -0.05) is 32.6 Å². The normalized spacial score (nSPS) is 13.2. The van der Waals surface area contributed by atoms with Crippen LogP contribution >= 0.6 is 0 Å². The van der Waals surface area contributed by atoms with Crippen molar-refractivity contribution in [3.63, 3.8) is 0 Å². The molecule has 12 heavy (non-hydrogen) atoms. The minimum atomic E-state index is 0.233. The van der Waals surface area contributed by atoms with Gasteiger partial charge >= 0.3 is 0 Å². The molecule has 74 valence electrons. The molecule has 0 aromatic carbocycles. The molecule has 0 heterocycles. The number of hydrogen-bond donors (Lipinski definition) is 1. The maximum atomic E-state index is 5.45. The van der Waals surface area contributed by atoms with Crippen molar-refractivity contribution in [3.05, 3.63) is 0 Å². The summed E-state index contributed by atoms with van der Waals surface area (Å²) < 4.78 is 5.45. The molecule has 2 nitrogen and oxygen atoms in total. The number of nitrogens with two attached hydrogens (primary N) is 1. The number of hydrogen-bond acceptors (Lipinski definition) is 2. The maximum absolute atomic E-state index is 5.45. The van der Waals surface area contributed by atoms with E-state index in [1.165, 1.54) is 32.1 Å². The zero-order valence-electron chi connectivity index (χ0n) is 8.51. The molecule has 0 aliphatic rings. The quantitative estimate of drug-likeness (QED) is 0.572. The summed E-state index contributed by atoms with van der Waals surface area (Å²) >= 11 is 0. The molecule has 0 bridgehead atoms.